The Bertz CT molecular complexity index is 1160. The normalized spacial score (nSPS) is 14.9. The molecule has 33 heavy (non-hydrogen) atoms. The van der Waals surface area contributed by atoms with Crippen LogP contribution in [0.25, 0.3) is 0 Å². The molecule has 1 aromatic heterocycles. The second kappa shape index (κ2) is 10.2. The van der Waals surface area contributed by atoms with Gasteiger partial charge in [-0.3, -0.25) is 4.79 Å². The minimum absolute atomic E-state index is 0.276. The lowest BCUT2D eigenvalue weighted by atomic mass is 9.94. The van der Waals surface area contributed by atoms with Crippen LogP contribution in [-0.4, -0.2) is 39.3 Å². The van der Waals surface area contributed by atoms with Gasteiger partial charge in [0.25, 0.3) is 5.91 Å². The number of carbonyl (C=O) groups excluding carboxylic acids is 1. The van der Waals surface area contributed by atoms with Gasteiger partial charge in [0, 0.05) is 11.3 Å². The van der Waals surface area contributed by atoms with Crippen LogP contribution in [-0.2, 0) is 4.79 Å². The number of tetrazole rings is 1. The Kier molecular flexibility index (Phi) is 6.87. The van der Waals surface area contributed by atoms with Crippen LogP contribution in [0.3, 0.4) is 0 Å². The molecule has 0 fully saturated rings. The third-order valence-corrected chi connectivity index (χ3v) is 5.36. The zero-order valence-corrected chi connectivity index (χ0v) is 19.0. The Morgan fingerprint density at radius 1 is 1.09 bits per heavy atom. The number of amides is 1. The van der Waals surface area contributed by atoms with E-state index in [4.69, 9.17) is 9.47 Å². The molecular weight excluding hydrogens is 420 g/mol. The maximum Gasteiger partial charge on any atom is 0.255 e. The summed E-state index contributed by atoms with van der Waals surface area (Å²) in [5.41, 5.74) is 2.56. The van der Waals surface area contributed by atoms with Crippen LogP contribution >= 0.6 is 0 Å². The van der Waals surface area contributed by atoms with Crippen molar-refractivity contribution in [3.8, 4) is 11.5 Å². The van der Waals surface area contributed by atoms with E-state index in [1.54, 1.807) is 4.68 Å². The molecule has 2 N–H and O–H groups in total. The number of nitrogens with one attached hydrogen (secondary N) is 2. The molecule has 3 aromatic rings. The van der Waals surface area contributed by atoms with Crippen LogP contribution in [0.15, 0.2) is 59.8 Å². The molecule has 1 unspecified atom stereocenters. The van der Waals surface area contributed by atoms with Gasteiger partial charge in [-0.15, -0.1) is 0 Å². The first kappa shape index (κ1) is 22.3. The zero-order chi connectivity index (χ0) is 23.2. The number of unbranched alkanes of at least 4 members (excludes halogenated alkanes) is 1. The second-order valence-corrected chi connectivity index (χ2v) is 7.64. The van der Waals surface area contributed by atoms with Crippen LogP contribution in [0.2, 0.25) is 0 Å². The highest BCUT2D eigenvalue weighted by Gasteiger charge is 2.36. The molecular formula is C24H28N6O3. The summed E-state index contributed by atoms with van der Waals surface area (Å²) in [5.74, 6) is 1.50. The monoisotopic (exact) mass is 448 g/mol. The van der Waals surface area contributed by atoms with Gasteiger partial charge in [-0.1, -0.05) is 48.8 Å². The van der Waals surface area contributed by atoms with E-state index in [1.165, 1.54) is 0 Å². The fourth-order valence-corrected chi connectivity index (χ4v) is 3.80. The van der Waals surface area contributed by atoms with Crippen molar-refractivity contribution >= 4 is 17.5 Å². The lowest BCUT2D eigenvalue weighted by molar-refractivity contribution is -0.113. The van der Waals surface area contributed by atoms with Gasteiger partial charge in [-0.2, -0.15) is 4.68 Å². The molecule has 9 heteroatoms. The first-order valence-electron chi connectivity index (χ1n) is 11.1. The largest absolute Gasteiger partial charge is 0.493 e. The van der Waals surface area contributed by atoms with Gasteiger partial charge >= 0.3 is 0 Å². The molecule has 9 nitrogen and oxygen atoms in total. The summed E-state index contributed by atoms with van der Waals surface area (Å²) in [5, 5.41) is 18.2. The SMILES string of the molecule is CCCCOc1ccccc1C1C(C(=O)Nc2ccccc2OCC)=C(C)Nc2nnnn21. The fraction of sp³-hybridized carbons (Fsp3) is 0.333. The summed E-state index contributed by atoms with van der Waals surface area (Å²) in [6, 6.07) is 14.5. The van der Waals surface area contributed by atoms with Gasteiger partial charge in [0.15, 0.2) is 0 Å². The molecule has 0 saturated heterocycles. The number of anilines is 2. The highest BCUT2D eigenvalue weighted by molar-refractivity contribution is 6.06. The van der Waals surface area contributed by atoms with Crippen molar-refractivity contribution in [1.29, 1.82) is 0 Å². The highest BCUT2D eigenvalue weighted by Crippen LogP contribution is 2.39. The average Bonchev–Trinajstić information content (AvgIpc) is 3.28. The van der Waals surface area contributed by atoms with Gasteiger partial charge in [0.2, 0.25) is 5.95 Å². The number of carbonyl (C=O) groups is 1. The van der Waals surface area contributed by atoms with Crippen molar-refractivity contribution < 1.29 is 14.3 Å². The van der Waals surface area contributed by atoms with E-state index in [9.17, 15) is 4.79 Å². The number of allylic oxidation sites excluding steroid dienone is 1. The third kappa shape index (κ3) is 4.67. The topological polar surface area (TPSA) is 103 Å². The minimum Gasteiger partial charge on any atom is -0.493 e. The number of para-hydroxylation sites is 3. The summed E-state index contributed by atoms with van der Waals surface area (Å²) < 4.78 is 13.4. The predicted octanol–water partition coefficient (Wildman–Crippen LogP) is 4.18. The second-order valence-electron chi connectivity index (χ2n) is 7.64. The van der Waals surface area contributed by atoms with Gasteiger partial charge in [0.1, 0.15) is 17.5 Å². The Labute approximate surface area is 192 Å². The summed E-state index contributed by atoms with van der Waals surface area (Å²) in [4.78, 5) is 13.6. The molecule has 2 heterocycles. The van der Waals surface area contributed by atoms with Crippen LogP contribution < -0.4 is 20.1 Å². The van der Waals surface area contributed by atoms with Crippen molar-refractivity contribution in [2.24, 2.45) is 0 Å². The van der Waals surface area contributed by atoms with Crippen molar-refractivity contribution in [3.63, 3.8) is 0 Å². The lowest BCUT2D eigenvalue weighted by Crippen LogP contribution is -2.32. The van der Waals surface area contributed by atoms with Gasteiger partial charge < -0.3 is 20.1 Å². The van der Waals surface area contributed by atoms with E-state index in [2.05, 4.69) is 33.1 Å². The number of nitrogens with zero attached hydrogens (tertiary/aromatic N) is 4. The van der Waals surface area contributed by atoms with E-state index in [0.717, 1.165) is 18.4 Å². The van der Waals surface area contributed by atoms with Crippen LogP contribution in [0.1, 0.15) is 45.2 Å². The van der Waals surface area contributed by atoms with Crippen molar-refractivity contribution in [2.75, 3.05) is 23.8 Å². The summed E-state index contributed by atoms with van der Waals surface area (Å²) in [7, 11) is 0. The van der Waals surface area contributed by atoms with Crippen LogP contribution in [0.4, 0.5) is 11.6 Å². The number of ether oxygens (including phenoxy) is 2. The molecule has 1 aliphatic heterocycles. The van der Waals surface area contributed by atoms with Crippen molar-refractivity contribution in [1.82, 2.24) is 20.2 Å². The molecule has 0 saturated carbocycles. The van der Waals surface area contributed by atoms with Crippen LogP contribution in [0, 0.1) is 0 Å². The third-order valence-electron chi connectivity index (χ3n) is 5.36. The van der Waals surface area contributed by atoms with Gasteiger partial charge in [-0.25, -0.2) is 0 Å². The number of hydrogen-bond donors (Lipinski definition) is 2. The summed E-state index contributed by atoms with van der Waals surface area (Å²) >= 11 is 0. The average molecular weight is 449 g/mol. The van der Waals surface area contributed by atoms with Gasteiger partial charge in [-0.05, 0) is 48.9 Å². The van der Waals surface area contributed by atoms with E-state index in [1.807, 2.05) is 62.4 Å². The van der Waals surface area contributed by atoms with E-state index < -0.39 is 6.04 Å². The Morgan fingerprint density at radius 3 is 2.64 bits per heavy atom. The number of fused-ring (bicyclic) bond motifs is 1. The van der Waals surface area contributed by atoms with Crippen molar-refractivity contribution in [3.05, 3.63) is 65.4 Å². The van der Waals surface area contributed by atoms with Crippen LogP contribution in [0.5, 0.6) is 11.5 Å². The molecule has 2 aromatic carbocycles. The number of hydrogen-bond acceptors (Lipinski definition) is 7. The molecule has 0 spiro atoms. The molecule has 1 aliphatic rings. The Hall–Kier alpha value is -3.88. The lowest BCUT2D eigenvalue weighted by Gasteiger charge is -2.29. The summed E-state index contributed by atoms with van der Waals surface area (Å²) in [6.07, 6.45) is 1.96. The Balaban J connectivity index is 1.74. The standard InChI is InChI=1S/C24H28N6O3/c1-4-6-15-33-19-13-9-7-11-17(19)22-21(16(3)25-24-27-28-29-30(22)24)23(31)26-18-12-8-10-14-20(18)32-5-2/h7-14,22H,4-6,15H2,1-3H3,(H,26,31)(H,25,27,29). The maximum absolute atomic E-state index is 13.6. The molecule has 1 amide bonds. The first-order valence-corrected chi connectivity index (χ1v) is 11.1. The minimum atomic E-state index is -0.562. The molecule has 1 atom stereocenters. The Morgan fingerprint density at radius 2 is 1.85 bits per heavy atom. The smallest absolute Gasteiger partial charge is 0.255 e. The van der Waals surface area contributed by atoms with E-state index in [-0.39, 0.29) is 5.91 Å². The summed E-state index contributed by atoms with van der Waals surface area (Å²) in [6.45, 7) is 6.95. The van der Waals surface area contributed by atoms with Gasteiger partial charge in [0.05, 0.1) is 24.5 Å². The zero-order valence-electron chi connectivity index (χ0n) is 19.0. The number of rotatable bonds is 9. The maximum atomic E-state index is 13.6. The number of benzene rings is 2. The highest BCUT2D eigenvalue weighted by atomic mass is 16.5. The quantitative estimate of drug-likeness (QED) is 0.473. The molecule has 0 bridgehead atoms. The number of aromatic nitrogens is 4. The molecule has 0 radical (unpaired) electrons. The van der Waals surface area contributed by atoms with E-state index in [0.29, 0.717) is 47.6 Å². The first-order chi connectivity index (χ1) is 16.1. The van der Waals surface area contributed by atoms with E-state index >= 15 is 0 Å². The molecule has 172 valence electrons. The fourth-order valence-electron chi connectivity index (χ4n) is 3.80. The molecule has 4 rings (SSSR count). The van der Waals surface area contributed by atoms with Crippen molar-refractivity contribution in [2.45, 2.75) is 39.7 Å². The molecule has 0 aliphatic carbocycles. The predicted molar refractivity (Wildman–Crippen MR) is 125 cm³/mol.